The normalized spacial score (nSPS) is 12.4. The molecule has 0 unspecified atom stereocenters. The number of aliphatic hydroxyl groups is 1. The summed E-state index contributed by atoms with van der Waals surface area (Å²) in [5, 5.41) is 19.6. The number of unbranched alkanes of at least 4 members (excludes halogenated alkanes) is 4. The number of rotatable bonds is 16. The molecule has 1 atom stereocenters. The number of aliphatic hydroxyl groups excluding tert-OH is 1. The second-order valence-electron chi connectivity index (χ2n) is 14.0. The van der Waals surface area contributed by atoms with E-state index in [1.807, 2.05) is 60.7 Å². The maximum Gasteiger partial charge on any atom is 0.258 e. The fourth-order valence-electron chi connectivity index (χ4n) is 5.11. The van der Waals surface area contributed by atoms with Crippen LogP contribution >= 0.6 is 0 Å². The van der Waals surface area contributed by atoms with Crippen LogP contribution in [0.4, 0.5) is 0 Å². The first-order valence-corrected chi connectivity index (χ1v) is 16.9. The van der Waals surface area contributed by atoms with Crippen LogP contribution in [-0.2, 0) is 16.6 Å². The van der Waals surface area contributed by atoms with Crippen LogP contribution in [0.1, 0.15) is 95.1 Å². The molecule has 1 aromatic heterocycles. The Hall–Kier alpha value is -4.50. The number of hydrogen-bond acceptors (Lipinski definition) is 7. The van der Waals surface area contributed by atoms with E-state index in [-0.39, 0.29) is 30.3 Å². The molecular weight excluding hydrogens is 604 g/mol. The summed E-state index contributed by atoms with van der Waals surface area (Å²) in [4.78, 5) is 31.2. The van der Waals surface area contributed by atoms with Gasteiger partial charge in [0.1, 0.15) is 11.8 Å². The van der Waals surface area contributed by atoms with Gasteiger partial charge in [-0.15, -0.1) is 0 Å². The maximum absolute atomic E-state index is 13.3. The molecule has 0 bridgehead atoms. The van der Waals surface area contributed by atoms with Crippen molar-refractivity contribution in [2.24, 2.45) is 0 Å². The summed E-state index contributed by atoms with van der Waals surface area (Å²) < 4.78 is 11.4. The van der Waals surface area contributed by atoms with E-state index in [0.29, 0.717) is 23.9 Å². The summed E-state index contributed by atoms with van der Waals surface area (Å²) in [6.45, 7) is 12.4. The van der Waals surface area contributed by atoms with E-state index in [1.54, 1.807) is 26.0 Å². The molecule has 0 fully saturated rings. The molecule has 0 saturated carbocycles. The molecule has 9 heteroatoms. The molecular formula is C39H50N4O5. The minimum absolute atomic E-state index is 0.0454. The van der Waals surface area contributed by atoms with E-state index in [2.05, 4.69) is 48.5 Å². The van der Waals surface area contributed by atoms with Gasteiger partial charge in [0.05, 0.1) is 18.8 Å². The van der Waals surface area contributed by atoms with E-state index in [0.717, 1.165) is 34.4 Å². The summed E-state index contributed by atoms with van der Waals surface area (Å²) in [6, 6.07) is 21.6. The van der Waals surface area contributed by atoms with Gasteiger partial charge in [0, 0.05) is 23.1 Å². The van der Waals surface area contributed by atoms with E-state index in [9.17, 15) is 14.7 Å². The Bertz CT molecular complexity index is 1600. The first kappa shape index (κ1) is 36.3. The van der Waals surface area contributed by atoms with E-state index in [1.165, 1.54) is 25.7 Å². The van der Waals surface area contributed by atoms with Gasteiger partial charge in [0.2, 0.25) is 11.7 Å². The zero-order chi connectivity index (χ0) is 34.7. The van der Waals surface area contributed by atoms with Crippen molar-refractivity contribution in [1.82, 2.24) is 20.8 Å². The first-order chi connectivity index (χ1) is 22.9. The molecule has 48 heavy (non-hydrogen) atoms. The van der Waals surface area contributed by atoms with Crippen molar-refractivity contribution in [3.8, 4) is 28.6 Å². The molecule has 0 aliphatic carbocycles. The molecule has 3 N–H and O–H groups in total. The molecule has 3 aromatic carbocycles. The van der Waals surface area contributed by atoms with Gasteiger partial charge in [-0.05, 0) is 73.2 Å². The third kappa shape index (κ3) is 10.5. The van der Waals surface area contributed by atoms with Gasteiger partial charge >= 0.3 is 0 Å². The third-order valence-electron chi connectivity index (χ3n) is 8.19. The summed E-state index contributed by atoms with van der Waals surface area (Å²) in [5.41, 5.74) is 3.05. The third-order valence-corrected chi connectivity index (χ3v) is 8.19. The van der Waals surface area contributed by atoms with Crippen molar-refractivity contribution in [2.75, 3.05) is 13.2 Å². The zero-order valence-corrected chi connectivity index (χ0v) is 29.1. The average Bonchev–Trinajstić information content (AvgIpc) is 3.56. The number of nitrogens with zero attached hydrogens (tertiary/aromatic N) is 2. The van der Waals surface area contributed by atoms with E-state index < -0.39 is 11.6 Å². The highest BCUT2D eigenvalue weighted by molar-refractivity contribution is 5.97. The summed E-state index contributed by atoms with van der Waals surface area (Å²) >= 11 is 0. The highest BCUT2D eigenvalue weighted by Crippen LogP contribution is 2.25. The van der Waals surface area contributed by atoms with Crippen LogP contribution < -0.4 is 15.4 Å². The summed E-state index contributed by atoms with van der Waals surface area (Å²) in [6.07, 6.45) is 6.21. The van der Waals surface area contributed by atoms with Crippen molar-refractivity contribution in [2.45, 2.75) is 97.1 Å². The Morgan fingerprint density at radius 2 is 1.50 bits per heavy atom. The lowest BCUT2D eigenvalue weighted by atomic mass is 9.86. The fraction of sp³-hybridized carbons (Fsp3) is 0.436. The van der Waals surface area contributed by atoms with E-state index >= 15 is 0 Å². The molecule has 0 saturated heterocycles. The number of carbonyl (C=O) groups is 2. The number of benzene rings is 3. The number of ether oxygens (including phenoxy) is 1. The molecule has 1 heterocycles. The molecule has 4 aromatic rings. The predicted molar refractivity (Wildman–Crippen MR) is 189 cm³/mol. The van der Waals surface area contributed by atoms with Crippen LogP contribution in [0.25, 0.3) is 22.8 Å². The van der Waals surface area contributed by atoms with Gasteiger partial charge in [-0.25, -0.2) is 0 Å². The van der Waals surface area contributed by atoms with Crippen LogP contribution in [0, 0.1) is 0 Å². The minimum atomic E-state index is -0.874. The quantitative estimate of drug-likeness (QED) is 0.108. The second-order valence-corrected chi connectivity index (χ2v) is 14.0. The highest BCUT2D eigenvalue weighted by Gasteiger charge is 2.27. The van der Waals surface area contributed by atoms with Crippen molar-refractivity contribution in [3.05, 3.63) is 89.5 Å². The Morgan fingerprint density at radius 3 is 2.12 bits per heavy atom. The number of carbonyl (C=O) groups excluding carboxylic acids is 2. The van der Waals surface area contributed by atoms with Gasteiger partial charge in [-0.3, -0.25) is 9.59 Å². The topological polar surface area (TPSA) is 127 Å². The minimum Gasteiger partial charge on any atom is -0.494 e. The van der Waals surface area contributed by atoms with Crippen LogP contribution in [0.3, 0.4) is 0 Å². The zero-order valence-electron chi connectivity index (χ0n) is 29.1. The molecule has 9 nitrogen and oxygen atoms in total. The monoisotopic (exact) mass is 654 g/mol. The molecule has 0 spiro atoms. The lowest BCUT2D eigenvalue weighted by Gasteiger charge is -2.27. The summed E-state index contributed by atoms with van der Waals surface area (Å²) in [7, 11) is 0. The molecule has 2 amide bonds. The van der Waals surface area contributed by atoms with Crippen molar-refractivity contribution in [3.63, 3.8) is 0 Å². The molecule has 0 radical (unpaired) electrons. The Morgan fingerprint density at radius 1 is 0.854 bits per heavy atom. The van der Waals surface area contributed by atoms with Crippen LogP contribution in [0.2, 0.25) is 0 Å². The number of hydrogen-bond donors (Lipinski definition) is 3. The largest absolute Gasteiger partial charge is 0.494 e. The number of aromatic nitrogens is 2. The van der Waals surface area contributed by atoms with Crippen LogP contribution in [-0.4, -0.2) is 51.9 Å². The SMILES string of the molecule is CCCCCCCOc1ccc(-c2nc(-c3ccc(C[C@H](NC(=O)c4ccc(C(C)(C)C)cc4)C(=O)NC(C)(C)CO)cc3)no2)cc1. The molecule has 4 rings (SSSR count). The van der Waals surface area contributed by atoms with Gasteiger partial charge in [0.15, 0.2) is 0 Å². The predicted octanol–water partition coefficient (Wildman–Crippen LogP) is 7.28. The standard InChI is InChI=1S/C39H50N4O5/c1-7-8-9-10-11-24-47-32-22-18-30(19-23-32)37-41-34(43-48-37)28-14-12-27(13-15-28)25-33(36(46)42-39(5,6)26-44)40-35(45)29-16-20-31(21-17-29)38(2,3)4/h12-23,33,44H,7-11,24-26H2,1-6H3,(H,40,45)(H,42,46)/t33-/m0/s1. The van der Waals surface area contributed by atoms with Crippen LogP contribution in [0.15, 0.2) is 77.3 Å². The Balaban J connectivity index is 1.41. The molecule has 256 valence electrons. The van der Waals surface area contributed by atoms with Crippen molar-refractivity contribution < 1.29 is 24.0 Å². The maximum atomic E-state index is 13.3. The Kier molecular flexibility index (Phi) is 12.5. The van der Waals surface area contributed by atoms with Crippen molar-refractivity contribution >= 4 is 11.8 Å². The average molecular weight is 655 g/mol. The fourth-order valence-corrected chi connectivity index (χ4v) is 5.11. The van der Waals surface area contributed by atoms with Gasteiger partial charge in [0.25, 0.3) is 11.8 Å². The smallest absolute Gasteiger partial charge is 0.258 e. The lowest BCUT2D eigenvalue weighted by molar-refractivity contribution is -0.125. The Labute approximate surface area is 284 Å². The van der Waals surface area contributed by atoms with Crippen molar-refractivity contribution in [1.29, 1.82) is 0 Å². The van der Waals surface area contributed by atoms with Gasteiger partial charge in [-0.2, -0.15) is 4.98 Å². The first-order valence-electron chi connectivity index (χ1n) is 16.9. The van der Waals surface area contributed by atoms with Gasteiger partial charge < -0.3 is 25.0 Å². The van der Waals surface area contributed by atoms with Crippen LogP contribution in [0.5, 0.6) is 5.75 Å². The van der Waals surface area contributed by atoms with E-state index in [4.69, 9.17) is 9.26 Å². The highest BCUT2D eigenvalue weighted by atomic mass is 16.5. The second kappa shape index (κ2) is 16.6. The molecule has 0 aliphatic rings. The number of nitrogens with one attached hydrogen (secondary N) is 2. The summed E-state index contributed by atoms with van der Waals surface area (Å²) in [5.74, 6) is 0.919. The molecule has 0 aliphatic heterocycles. The van der Waals surface area contributed by atoms with Gasteiger partial charge in [-0.1, -0.05) is 94.9 Å². The lowest BCUT2D eigenvalue weighted by Crippen LogP contribution is -2.55. The number of amides is 2.